The third-order valence-corrected chi connectivity index (χ3v) is 2.76. The van der Waals surface area contributed by atoms with Gasteiger partial charge in [0.15, 0.2) is 0 Å². The molecule has 0 aromatic carbocycles. The minimum Gasteiger partial charge on any atom is -0.469 e. The Bertz CT molecular complexity index is 445. The predicted molar refractivity (Wildman–Crippen MR) is 62.2 cm³/mol. The SMILES string of the molecule is CNC(Cc1ccco1)c1cn(C)nc1C. The predicted octanol–water partition coefficient (Wildman–Crippen LogP) is 1.82. The van der Waals surface area contributed by atoms with Crippen LogP contribution >= 0.6 is 0 Å². The summed E-state index contributed by atoms with van der Waals surface area (Å²) in [7, 11) is 3.90. The topological polar surface area (TPSA) is 43.0 Å². The van der Waals surface area contributed by atoms with E-state index in [0.717, 1.165) is 17.9 Å². The van der Waals surface area contributed by atoms with E-state index in [1.165, 1.54) is 5.56 Å². The Kier molecular flexibility index (Phi) is 3.10. The molecule has 0 saturated heterocycles. The normalized spacial score (nSPS) is 12.9. The monoisotopic (exact) mass is 219 g/mol. The minimum atomic E-state index is 0.250. The van der Waals surface area contributed by atoms with Gasteiger partial charge in [0, 0.05) is 31.3 Å². The summed E-state index contributed by atoms with van der Waals surface area (Å²) in [4.78, 5) is 0. The van der Waals surface area contributed by atoms with E-state index >= 15 is 0 Å². The summed E-state index contributed by atoms with van der Waals surface area (Å²) in [6, 6.07) is 4.16. The Morgan fingerprint density at radius 1 is 1.56 bits per heavy atom. The van der Waals surface area contributed by atoms with Gasteiger partial charge in [-0.15, -0.1) is 0 Å². The van der Waals surface area contributed by atoms with Gasteiger partial charge in [-0.05, 0) is 26.1 Å². The van der Waals surface area contributed by atoms with Crippen molar-refractivity contribution in [3.8, 4) is 0 Å². The fourth-order valence-electron chi connectivity index (χ4n) is 1.96. The Morgan fingerprint density at radius 2 is 2.38 bits per heavy atom. The molecular weight excluding hydrogens is 202 g/mol. The summed E-state index contributed by atoms with van der Waals surface area (Å²) >= 11 is 0. The maximum atomic E-state index is 5.37. The maximum absolute atomic E-state index is 5.37. The molecule has 16 heavy (non-hydrogen) atoms. The van der Waals surface area contributed by atoms with Crippen LogP contribution in [0.5, 0.6) is 0 Å². The van der Waals surface area contributed by atoms with E-state index in [2.05, 4.69) is 16.6 Å². The average molecular weight is 219 g/mol. The Balaban J connectivity index is 2.19. The number of rotatable bonds is 4. The Hall–Kier alpha value is -1.55. The smallest absolute Gasteiger partial charge is 0.105 e. The largest absolute Gasteiger partial charge is 0.469 e. The zero-order chi connectivity index (χ0) is 11.5. The number of aryl methyl sites for hydroxylation is 2. The van der Waals surface area contributed by atoms with Crippen LogP contribution in [0.2, 0.25) is 0 Å². The van der Waals surface area contributed by atoms with Gasteiger partial charge in [-0.1, -0.05) is 0 Å². The zero-order valence-corrected chi connectivity index (χ0v) is 9.90. The number of aromatic nitrogens is 2. The van der Waals surface area contributed by atoms with Gasteiger partial charge >= 0.3 is 0 Å². The number of nitrogens with one attached hydrogen (secondary N) is 1. The molecule has 0 bridgehead atoms. The van der Waals surface area contributed by atoms with Crippen molar-refractivity contribution < 1.29 is 4.42 Å². The molecule has 1 N–H and O–H groups in total. The molecule has 2 aromatic heterocycles. The van der Waals surface area contributed by atoms with Crippen LogP contribution in [0.4, 0.5) is 0 Å². The summed E-state index contributed by atoms with van der Waals surface area (Å²) < 4.78 is 7.21. The molecule has 0 aliphatic rings. The summed E-state index contributed by atoms with van der Waals surface area (Å²) in [6.07, 6.45) is 4.60. The van der Waals surface area contributed by atoms with Crippen molar-refractivity contribution in [3.63, 3.8) is 0 Å². The minimum absolute atomic E-state index is 0.250. The molecule has 1 atom stereocenters. The van der Waals surface area contributed by atoms with Crippen molar-refractivity contribution >= 4 is 0 Å². The molecule has 0 saturated carbocycles. The molecule has 0 fully saturated rings. The van der Waals surface area contributed by atoms with E-state index in [4.69, 9.17) is 4.42 Å². The van der Waals surface area contributed by atoms with Gasteiger partial charge in [0.2, 0.25) is 0 Å². The van der Waals surface area contributed by atoms with Crippen LogP contribution in [0.25, 0.3) is 0 Å². The molecular formula is C12H17N3O. The highest BCUT2D eigenvalue weighted by Gasteiger charge is 2.16. The van der Waals surface area contributed by atoms with E-state index in [1.54, 1.807) is 6.26 Å². The second kappa shape index (κ2) is 4.53. The van der Waals surface area contributed by atoms with Crippen LogP contribution in [-0.2, 0) is 13.5 Å². The molecule has 0 aliphatic carbocycles. The van der Waals surface area contributed by atoms with Crippen molar-refractivity contribution in [3.05, 3.63) is 41.6 Å². The number of furan rings is 1. The quantitative estimate of drug-likeness (QED) is 0.853. The first kappa shape index (κ1) is 11.0. The molecule has 0 aliphatic heterocycles. The third kappa shape index (κ3) is 2.17. The number of hydrogen-bond donors (Lipinski definition) is 1. The van der Waals surface area contributed by atoms with Crippen molar-refractivity contribution in [2.24, 2.45) is 7.05 Å². The number of nitrogens with zero attached hydrogens (tertiary/aromatic N) is 2. The molecule has 4 heteroatoms. The summed E-state index contributed by atoms with van der Waals surface area (Å²) in [6.45, 7) is 2.03. The molecule has 2 rings (SSSR count). The second-order valence-electron chi connectivity index (χ2n) is 3.97. The van der Waals surface area contributed by atoms with Crippen LogP contribution in [-0.4, -0.2) is 16.8 Å². The van der Waals surface area contributed by atoms with Crippen molar-refractivity contribution in [1.29, 1.82) is 0 Å². The van der Waals surface area contributed by atoms with Crippen molar-refractivity contribution in [2.75, 3.05) is 7.05 Å². The van der Waals surface area contributed by atoms with Gasteiger partial charge in [0.25, 0.3) is 0 Å². The highest BCUT2D eigenvalue weighted by Crippen LogP contribution is 2.20. The Morgan fingerprint density at radius 3 is 2.88 bits per heavy atom. The summed E-state index contributed by atoms with van der Waals surface area (Å²) in [5, 5.41) is 7.65. The zero-order valence-electron chi connectivity index (χ0n) is 9.90. The van der Waals surface area contributed by atoms with E-state index in [9.17, 15) is 0 Å². The average Bonchev–Trinajstić information content (AvgIpc) is 2.85. The van der Waals surface area contributed by atoms with Crippen LogP contribution in [0.15, 0.2) is 29.0 Å². The van der Waals surface area contributed by atoms with Gasteiger partial charge < -0.3 is 9.73 Å². The van der Waals surface area contributed by atoms with E-state index in [0.29, 0.717) is 0 Å². The van der Waals surface area contributed by atoms with Gasteiger partial charge in [-0.3, -0.25) is 4.68 Å². The first-order valence-corrected chi connectivity index (χ1v) is 5.40. The van der Waals surface area contributed by atoms with Crippen molar-refractivity contribution in [2.45, 2.75) is 19.4 Å². The standard InChI is InChI=1S/C12H17N3O/c1-9-11(8-15(3)14-9)12(13-2)7-10-5-4-6-16-10/h4-6,8,12-13H,7H2,1-3H3. The highest BCUT2D eigenvalue weighted by atomic mass is 16.3. The molecule has 0 radical (unpaired) electrons. The molecule has 0 spiro atoms. The van der Waals surface area contributed by atoms with Gasteiger partial charge in [-0.25, -0.2) is 0 Å². The fraction of sp³-hybridized carbons (Fsp3) is 0.417. The highest BCUT2D eigenvalue weighted by molar-refractivity contribution is 5.21. The first-order chi connectivity index (χ1) is 7.70. The first-order valence-electron chi connectivity index (χ1n) is 5.40. The molecule has 4 nitrogen and oxygen atoms in total. The van der Waals surface area contributed by atoms with Gasteiger partial charge in [0.05, 0.1) is 12.0 Å². The molecule has 1 unspecified atom stereocenters. The van der Waals surface area contributed by atoms with Gasteiger partial charge in [-0.2, -0.15) is 5.10 Å². The second-order valence-corrected chi connectivity index (χ2v) is 3.97. The summed E-state index contributed by atoms with van der Waals surface area (Å²) in [5.41, 5.74) is 2.29. The molecule has 2 heterocycles. The van der Waals surface area contributed by atoms with Crippen molar-refractivity contribution in [1.82, 2.24) is 15.1 Å². The summed E-state index contributed by atoms with van der Waals surface area (Å²) in [5.74, 6) is 0.989. The van der Waals surface area contributed by atoms with E-state index in [-0.39, 0.29) is 6.04 Å². The molecule has 2 aromatic rings. The fourth-order valence-corrected chi connectivity index (χ4v) is 1.96. The lowest BCUT2D eigenvalue weighted by Crippen LogP contribution is -2.19. The van der Waals surface area contributed by atoms with Crippen LogP contribution < -0.4 is 5.32 Å². The lowest BCUT2D eigenvalue weighted by atomic mass is 10.0. The lowest BCUT2D eigenvalue weighted by molar-refractivity contribution is 0.465. The third-order valence-electron chi connectivity index (χ3n) is 2.76. The van der Waals surface area contributed by atoms with E-state index < -0.39 is 0 Å². The van der Waals surface area contributed by atoms with Crippen LogP contribution in [0.3, 0.4) is 0 Å². The number of likely N-dealkylation sites (N-methyl/N-ethyl adjacent to an activating group) is 1. The van der Waals surface area contributed by atoms with Crippen LogP contribution in [0.1, 0.15) is 23.1 Å². The Labute approximate surface area is 95.3 Å². The van der Waals surface area contributed by atoms with Crippen LogP contribution in [0, 0.1) is 6.92 Å². The molecule has 86 valence electrons. The maximum Gasteiger partial charge on any atom is 0.105 e. The number of hydrogen-bond acceptors (Lipinski definition) is 3. The van der Waals surface area contributed by atoms with E-state index in [1.807, 2.05) is 37.8 Å². The van der Waals surface area contributed by atoms with Gasteiger partial charge in [0.1, 0.15) is 5.76 Å². The molecule has 0 amide bonds. The lowest BCUT2D eigenvalue weighted by Gasteiger charge is -2.13.